The van der Waals surface area contributed by atoms with Crippen molar-refractivity contribution in [2.24, 2.45) is 0 Å². The van der Waals surface area contributed by atoms with Crippen LogP contribution in [0, 0.1) is 6.92 Å². The fourth-order valence-electron chi connectivity index (χ4n) is 2.45. The predicted octanol–water partition coefficient (Wildman–Crippen LogP) is 2.59. The fraction of sp³-hybridized carbons (Fsp3) is 0.389. The molecule has 0 saturated carbocycles. The Hall–Kier alpha value is -2.63. The van der Waals surface area contributed by atoms with Gasteiger partial charge in [-0.1, -0.05) is 18.2 Å². The minimum Gasteiger partial charge on any atom is -0.339 e. The van der Waals surface area contributed by atoms with Crippen molar-refractivity contribution in [2.75, 3.05) is 11.9 Å². The van der Waals surface area contributed by atoms with E-state index in [2.05, 4.69) is 10.4 Å². The van der Waals surface area contributed by atoms with Gasteiger partial charge in [0.2, 0.25) is 11.8 Å². The van der Waals surface area contributed by atoms with Crippen molar-refractivity contribution in [2.45, 2.75) is 40.3 Å². The molecular weight excluding hydrogens is 304 g/mol. The second-order valence-electron chi connectivity index (χ2n) is 5.77. The number of hydrogen-bond acceptors (Lipinski definition) is 3. The van der Waals surface area contributed by atoms with Crippen molar-refractivity contribution >= 4 is 17.5 Å². The number of nitrogens with zero attached hydrogens (tertiary/aromatic N) is 3. The molecule has 2 aromatic rings. The molecule has 0 unspecified atom stereocenters. The van der Waals surface area contributed by atoms with Crippen LogP contribution in [0.15, 0.2) is 36.7 Å². The van der Waals surface area contributed by atoms with E-state index in [1.165, 1.54) is 0 Å². The van der Waals surface area contributed by atoms with E-state index in [0.29, 0.717) is 26.1 Å². The van der Waals surface area contributed by atoms with Gasteiger partial charge in [-0.05, 0) is 31.0 Å². The number of carbonyl (C=O) groups is 2. The summed E-state index contributed by atoms with van der Waals surface area (Å²) in [5, 5.41) is 7.11. The highest BCUT2D eigenvalue weighted by molar-refractivity contribution is 5.91. The maximum absolute atomic E-state index is 12.2. The Labute approximate surface area is 142 Å². The molecule has 0 saturated heterocycles. The van der Waals surface area contributed by atoms with Gasteiger partial charge in [-0.15, -0.1) is 0 Å². The molecule has 6 nitrogen and oxygen atoms in total. The highest BCUT2D eigenvalue weighted by atomic mass is 16.2. The summed E-state index contributed by atoms with van der Waals surface area (Å²) in [6.07, 6.45) is 4.03. The highest BCUT2D eigenvalue weighted by Crippen LogP contribution is 2.17. The molecule has 0 atom stereocenters. The Balaban J connectivity index is 1.98. The Morgan fingerprint density at radius 1 is 1.29 bits per heavy atom. The van der Waals surface area contributed by atoms with Gasteiger partial charge in [0.05, 0.1) is 6.20 Å². The molecule has 0 fully saturated rings. The van der Waals surface area contributed by atoms with Gasteiger partial charge in [0.25, 0.3) is 0 Å². The van der Waals surface area contributed by atoms with E-state index in [0.717, 1.165) is 16.8 Å². The van der Waals surface area contributed by atoms with Gasteiger partial charge < -0.3 is 10.2 Å². The number of carbonyl (C=O) groups excluding carboxylic acids is 2. The molecule has 128 valence electrons. The monoisotopic (exact) mass is 328 g/mol. The first-order chi connectivity index (χ1) is 11.5. The first kappa shape index (κ1) is 17.7. The molecule has 1 heterocycles. The molecule has 0 radical (unpaired) electrons. The number of aryl methyl sites for hydroxylation is 2. The first-order valence-electron chi connectivity index (χ1n) is 8.12. The van der Waals surface area contributed by atoms with Crippen molar-refractivity contribution in [3.8, 4) is 0 Å². The van der Waals surface area contributed by atoms with E-state index in [1.54, 1.807) is 22.7 Å². The van der Waals surface area contributed by atoms with E-state index in [1.807, 2.05) is 44.3 Å². The molecule has 2 rings (SSSR count). The molecule has 0 bridgehead atoms. The summed E-state index contributed by atoms with van der Waals surface area (Å²) in [6.45, 7) is 7.12. The Morgan fingerprint density at radius 2 is 2.04 bits per heavy atom. The molecule has 24 heavy (non-hydrogen) atoms. The smallest absolute Gasteiger partial charge is 0.226 e. The van der Waals surface area contributed by atoms with E-state index in [4.69, 9.17) is 0 Å². The van der Waals surface area contributed by atoms with Gasteiger partial charge >= 0.3 is 0 Å². The topological polar surface area (TPSA) is 67.2 Å². The van der Waals surface area contributed by atoms with Crippen molar-refractivity contribution in [1.29, 1.82) is 0 Å². The summed E-state index contributed by atoms with van der Waals surface area (Å²) in [7, 11) is 0. The second kappa shape index (κ2) is 8.29. The zero-order valence-electron chi connectivity index (χ0n) is 14.5. The molecule has 2 amide bonds. The lowest BCUT2D eigenvalue weighted by Gasteiger charge is -2.21. The molecule has 0 spiro atoms. The van der Waals surface area contributed by atoms with Crippen LogP contribution in [0.3, 0.4) is 0 Å². The van der Waals surface area contributed by atoms with Crippen LogP contribution >= 0.6 is 0 Å². The number of anilines is 1. The molecule has 6 heteroatoms. The quantitative estimate of drug-likeness (QED) is 0.849. The summed E-state index contributed by atoms with van der Waals surface area (Å²) in [6, 6.07) is 7.57. The summed E-state index contributed by atoms with van der Waals surface area (Å²) < 4.78 is 1.76. The largest absolute Gasteiger partial charge is 0.339 e. The van der Waals surface area contributed by atoms with Crippen LogP contribution in [-0.4, -0.2) is 33.0 Å². The van der Waals surface area contributed by atoms with Crippen LogP contribution in [0.4, 0.5) is 5.69 Å². The molecule has 1 aromatic carbocycles. The average molecular weight is 328 g/mol. The lowest BCUT2D eigenvalue weighted by molar-refractivity contribution is -0.129. The molecule has 0 aliphatic carbocycles. The summed E-state index contributed by atoms with van der Waals surface area (Å²) in [4.78, 5) is 25.5. The second-order valence-corrected chi connectivity index (χ2v) is 5.77. The SMILES string of the molecule is CCN(Cc1ccccc1NC(=O)CCn1cc(C)cn1)C(C)=O. The van der Waals surface area contributed by atoms with E-state index in [9.17, 15) is 9.59 Å². The molecule has 0 aliphatic heterocycles. The zero-order chi connectivity index (χ0) is 17.5. The summed E-state index contributed by atoms with van der Waals surface area (Å²) in [5.41, 5.74) is 2.75. The summed E-state index contributed by atoms with van der Waals surface area (Å²) >= 11 is 0. The van der Waals surface area contributed by atoms with Gasteiger partial charge in [0.1, 0.15) is 0 Å². The predicted molar refractivity (Wildman–Crippen MR) is 93.4 cm³/mol. The number of amides is 2. The van der Waals surface area contributed by atoms with E-state index < -0.39 is 0 Å². The third kappa shape index (κ3) is 4.94. The Morgan fingerprint density at radius 3 is 2.67 bits per heavy atom. The molecule has 1 aromatic heterocycles. The molecular formula is C18H24N4O2. The van der Waals surface area contributed by atoms with Gasteiger partial charge in [0.15, 0.2) is 0 Å². The minimum atomic E-state index is -0.0681. The highest BCUT2D eigenvalue weighted by Gasteiger charge is 2.12. The summed E-state index contributed by atoms with van der Waals surface area (Å²) in [5.74, 6) is -0.0471. The fourth-order valence-corrected chi connectivity index (χ4v) is 2.45. The van der Waals surface area contributed by atoms with Crippen LogP contribution in [0.25, 0.3) is 0 Å². The van der Waals surface area contributed by atoms with Gasteiger partial charge in [-0.3, -0.25) is 14.3 Å². The van der Waals surface area contributed by atoms with Crippen molar-refractivity contribution < 1.29 is 9.59 Å². The lowest BCUT2D eigenvalue weighted by atomic mass is 10.1. The van der Waals surface area contributed by atoms with Crippen molar-refractivity contribution in [3.63, 3.8) is 0 Å². The number of hydrogen-bond donors (Lipinski definition) is 1. The zero-order valence-corrected chi connectivity index (χ0v) is 14.5. The Bertz CT molecular complexity index is 709. The van der Waals surface area contributed by atoms with Crippen LogP contribution in [0.1, 0.15) is 31.4 Å². The lowest BCUT2D eigenvalue weighted by Crippen LogP contribution is -2.28. The molecule has 0 aliphatic rings. The van der Waals surface area contributed by atoms with Crippen LogP contribution < -0.4 is 5.32 Å². The number of para-hydroxylation sites is 1. The van der Waals surface area contributed by atoms with Crippen molar-refractivity contribution in [1.82, 2.24) is 14.7 Å². The van der Waals surface area contributed by atoms with Gasteiger partial charge in [0, 0.05) is 44.9 Å². The van der Waals surface area contributed by atoms with Gasteiger partial charge in [-0.2, -0.15) is 5.10 Å². The third-order valence-electron chi connectivity index (χ3n) is 3.81. The normalized spacial score (nSPS) is 10.5. The number of nitrogens with one attached hydrogen (secondary N) is 1. The maximum Gasteiger partial charge on any atom is 0.226 e. The first-order valence-corrected chi connectivity index (χ1v) is 8.12. The Kier molecular flexibility index (Phi) is 6.12. The average Bonchev–Trinajstić information content (AvgIpc) is 2.97. The van der Waals surface area contributed by atoms with Gasteiger partial charge in [-0.25, -0.2) is 0 Å². The number of benzene rings is 1. The third-order valence-corrected chi connectivity index (χ3v) is 3.81. The van der Waals surface area contributed by atoms with Crippen LogP contribution in [0.5, 0.6) is 0 Å². The maximum atomic E-state index is 12.2. The standard InChI is InChI=1S/C18H24N4O2/c1-4-21(15(3)23)13-16-7-5-6-8-17(16)20-18(24)9-10-22-12-14(2)11-19-22/h5-8,11-12H,4,9-10,13H2,1-3H3,(H,20,24). The van der Waals surface area contributed by atoms with E-state index >= 15 is 0 Å². The van der Waals surface area contributed by atoms with Crippen LogP contribution in [0.2, 0.25) is 0 Å². The van der Waals surface area contributed by atoms with Crippen molar-refractivity contribution in [3.05, 3.63) is 47.8 Å². The minimum absolute atomic E-state index is 0.0210. The van der Waals surface area contributed by atoms with E-state index in [-0.39, 0.29) is 11.8 Å². The number of rotatable bonds is 7. The van der Waals surface area contributed by atoms with Crippen LogP contribution in [-0.2, 0) is 22.7 Å². The molecule has 1 N–H and O–H groups in total. The number of aromatic nitrogens is 2.